The van der Waals surface area contributed by atoms with E-state index in [0.29, 0.717) is 6.61 Å². The third-order valence-electron chi connectivity index (χ3n) is 1.64. The highest BCUT2D eigenvalue weighted by molar-refractivity contribution is 7.43. The van der Waals surface area contributed by atoms with Crippen LogP contribution in [0.15, 0.2) is 0 Å². The van der Waals surface area contributed by atoms with E-state index in [2.05, 4.69) is 5.09 Å². The number of rotatable bonds is 5. The molecule has 0 spiro atoms. The number of nitrogens with one attached hydrogen (secondary N) is 1. The Labute approximate surface area is 86.2 Å². The Morgan fingerprint density at radius 1 is 1.50 bits per heavy atom. The lowest BCUT2D eigenvalue weighted by Gasteiger charge is -2.18. The highest BCUT2D eigenvalue weighted by Gasteiger charge is 2.38. The van der Waals surface area contributed by atoms with Crippen LogP contribution in [0.25, 0.3) is 0 Å². The van der Waals surface area contributed by atoms with Gasteiger partial charge in [-0.15, -0.1) is 0 Å². The Kier molecular flexibility index (Phi) is 5.24. The van der Waals surface area contributed by atoms with Crippen LogP contribution >= 0.6 is 7.95 Å². The first-order valence-electron chi connectivity index (χ1n) is 4.72. The molecule has 1 atom stereocenters. The largest absolute Gasteiger partial charge is 0.465 e. The smallest absolute Gasteiger partial charge is 0.435 e. The van der Waals surface area contributed by atoms with Gasteiger partial charge in [0.15, 0.2) is 11.2 Å². The van der Waals surface area contributed by atoms with Crippen LogP contribution in [0.5, 0.6) is 0 Å². The van der Waals surface area contributed by atoms with E-state index >= 15 is 0 Å². The summed E-state index contributed by atoms with van der Waals surface area (Å²) in [5.41, 5.74) is -0.869. The fraction of sp³-hybridized carbons (Fsp3) is 0.889. The summed E-state index contributed by atoms with van der Waals surface area (Å²) in [6, 6.07) is 0. The summed E-state index contributed by atoms with van der Waals surface area (Å²) in [4.78, 5) is 11.4. The average molecular weight is 220 g/mol. The Bertz CT molecular complexity index is 226. The molecule has 0 fully saturated rings. The topological polar surface area (TPSA) is 55.4 Å². The first-order chi connectivity index (χ1) is 6.31. The lowest BCUT2D eigenvalue weighted by molar-refractivity contribution is -0.148. The maximum Gasteiger partial charge on any atom is 0.435 e. The van der Waals surface area contributed by atoms with Gasteiger partial charge in [0.2, 0.25) is 0 Å². The van der Waals surface area contributed by atoms with Crippen LogP contribution in [0.3, 0.4) is 0 Å². The molecule has 0 aromatic heterocycles. The molecule has 0 aliphatic rings. The van der Waals surface area contributed by atoms with Crippen LogP contribution in [0.1, 0.15) is 34.6 Å². The molecule has 1 N–H and O–H groups in total. The summed E-state index contributed by atoms with van der Waals surface area (Å²) in [6.45, 7) is 9.10. The number of ether oxygens (including phenoxy) is 1. The SMILES string of the molecule is CCOC(=O)C(C)(C)N[P+](=O)C(C)C. The minimum absolute atomic E-state index is 0.0127. The molecule has 0 radical (unpaired) electrons. The number of carbonyl (C=O) groups is 1. The lowest BCUT2D eigenvalue weighted by atomic mass is 10.1. The van der Waals surface area contributed by atoms with Crippen molar-refractivity contribution in [2.24, 2.45) is 0 Å². The van der Waals surface area contributed by atoms with Gasteiger partial charge in [-0.05, 0) is 34.6 Å². The highest BCUT2D eigenvalue weighted by Crippen LogP contribution is 2.26. The number of carbonyl (C=O) groups excluding carboxylic acids is 1. The van der Waals surface area contributed by atoms with Gasteiger partial charge in [-0.2, -0.15) is 0 Å². The molecule has 0 heterocycles. The summed E-state index contributed by atoms with van der Waals surface area (Å²) in [6.07, 6.45) is 0. The van der Waals surface area contributed by atoms with Crippen molar-refractivity contribution in [2.45, 2.75) is 45.8 Å². The molecular weight excluding hydrogens is 201 g/mol. The van der Waals surface area contributed by atoms with Crippen LogP contribution in [0, 0.1) is 0 Å². The van der Waals surface area contributed by atoms with Crippen molar-refractivity contribution in [3.05, 3.63) is 0 Å². The van der Waals surface area contributed by atoms with Gasteiger partial charge in [0.1, 0.15) is 0 Å². The second kappa shape index (κ2) is 5.42. The first kappa shape index (κ1) is 13.5. The molecular formula is C9H19NO3P+. The number of hydrogen-bond donors (Lipinski definition) is 1. The van der Waals surface area contributed by atoms with E-state index < -0.39 is 13.5 Å². The maximum absolute atomic E-state index is 11.5. The Balaban J connectivity index is 4.33. The second-order valence-corrected chi connectivity index (χ2v) is 5.78. The van der Waals surface area contributed by atoms with Gasteiger partial charge in [-0.1, -0.05) is 9.65 Å². The second-order valence-electron chi connectivity index (χ2n) is 3.88. The fourth-order valence-corrected chi connectivity index (χ4v) is 1.66. The minimum atomic E-state index is -1.57. The molecule has 0 aliphatic heterocycles. The molecule has 0 rings (SSSR count). The van der Waals surface area contributed by atoms with Gasteiger partial charge in [0.05, 0.1) is 6.61 Å². The minimum Gasteiger partial charge on any atom is -0.465 e. The monoisotopic (exact) mass is 220 g/mol. The molecule has 0 bridgehead atoms. The van der Waals surface area contributed by atoms with Crippen LogP contribution in [0.4, 0.5) is 0 Å². The molecule has 14 heavy (non-hydrogen) atoms. The number of esters is 1. The van der Waals surface area contributed by atoms with E-state index in [1.807, 2.05) is 13.8 Å². The van der Waals surface area contributed by atoms with Crippen molar-refractivity contribution in [1.82, 2.24) is 5.09 Å². The van der Waals surface area contributed by atoms with Gasteiger partial charge in [0, 0.05) is 0 Å². The van der Waals surface area contributed by atoms with Gasteiger partial charge in [0.25, 0.3) is 0 Å². The van der Waals surface area contributed by atoms with Crippen molar-refractivity contribution in [2.75, 3.05) is 6.61 Å². The van der Waals surface area contributed by atoms with Crippen LogP contribution in [0.2, 0.25) is 0 Å². The lowest BCUT2D eigenvalue weighted by Crippen LogP contribution is -2.44. The van der Waals surface area contributed by atoms with Crippen molar-refractivity contribution >= 4 is 13.9 Å². The molecule has 0 aromatic rings. The summed E-state index contributed by atoms with van der Waals surface area (Å²) >= 11 is 0. The predicted octanol–water partition coefficient (Wildman–Crippen LogP) is 2.07. The van der Waals surface area contributed by atoms with E-state index in [4.69, 9.17) is 4.74 Å². The van der Waals surface area contributed by atoms with Gasteiger partial charge < -0.3 is 4.74 Å². The zero-order valence-corrected chi connectivity index (χ0v) is 10.4. The van der Waals surface area contributed by atoms with Gasteiger partial charge >= 0.3 is 13.9 Å². The molecule has 0 aliphatic carbocycles. The summed E-state index contributed by atoms with van der Waals surface area (Å²) in [5, 5.41) is 2.77. The molecule has 0 amide bonds. The van der Waals surface area contributed by atoms with Crippen LogP contribution in [-0.4, -0.2) is 23.8 Å². The standard InChI is InChI=1S/C9H19NO3P/c1-6-13-8(11)9(4,5)10-14(12)7(2)3/h7H,6H2,1-5H3,(H,10,12)/q+1. The van der Waals surface area contributed by atoms with Gasteiger partial charge in [-0.3, -0.25) is 0 Å². The van der Waals surface area contributed by atoms with E-state index in [9.17, 15) is 9.36 Å². The van der Waals surface area contributed by atoms with E-state index in [1.54, 1.807) is 20.8 Å². The van der Waals surface area contributed by atoms with Crippen LogP contribution < -0.4 is 5.09 Å². The van der Waals surface area contributed by atoms with Crippen molar-refractivity contribution < 1.29 is 14.1 Å². The molecule has 4 nitrogen and oxygen atoms in total. The molecule has 0 saturated carbocycles. The zero-order valence-electron chi connectivity index (χ0n) is 9.46. The average Bonchev–Trinajstić information content (AvgIpc) is 2.03. The third kappa shape index (κ3) is 4.16. The molecule has 5 heteroatoms. The van der Waals surface area contributed by atoms with Crippen molar-refractivity contribution in [3.63, 3.8) is 0 Å². The maximum atomic E-state index is 11.5. The van der Waals surface area contributed by atoms with E-state index in [1.165, 1.54) is 0 Å². The van der Waals surface area contributed by atoms with Crippen molar-refractivity contribution in [3.8, 4) is 0 Å². The fourth-order valence-electron chi connectivity index (χ4n) is 0.762. The summed E-state index contributed by atoms with van der Waals surface area (Å²) < 4.78 is 16.4. The van der Waals surface area contributed by atoms with Crippen LogP contribution in [-0.2, 0) is 14.1 Å². The normalized spacial score (nSPS) is 12.9. The Morgan fingerprint density at radius 3 is 2.36 bits per heavy atom. The zero-order chi connectivity index (χ0) is 11.4. The highest BCUT2D eigenvalue weighted by atomic mass is 31.1. The van der Waals surface area contributed by atoms with E-state index in [0.717, 1.165) is 0 Å². The predicted molar refractivity (Wildman–Crippen MR) is 56.6 cm³/mol. The van der Waals surface area contributed by atoms with E-state index in [-0.39, 0.29) is 11.6 Å². The molecule has 0 aromatic carbocycles. The molecule has 0 saturated heterocycles. The summed E-state index contributed by atoms with van der Waals surface area (Å²) in [5.74, 6) is -0.371. The molecule has 82 valence electrons. The number of hydrogen-bond acceptors (Lipinski definition) is 3. The molecule has 1 unspecified atom stereocenters. The first-order valence-corrected chi connectivity index (χ1v) is 6.05. The quantitative estimate of drug-likeness (QED) is 0.569. The third-order valence-corrected chi connectivity index (χ3v) is 3.36. The Hall–Kier alpha value is -0.470. The Morgan fingerprint density at radius 2 is 2.00 bits per heavy atom. The van der Waals surface area contributed by atoms with Crippen molar-refractivity contribution in [1.29, 1.82) is 0 Å². The van der Waals surface area contributed by atoms with Gasteiger partial charge in [-0.25, -0.2) is 4.79 Å². The summed E-state index contributed by atoms with van der Waals surface area (Å²) in [7, 11) is -1.57.